The molecular formula is C24H29FN4O4. The zero-order valence-electron chi connectivity index (χ0n) is 18.8. The Morgan fingerprint density at radius 3 is 2.36 bits per heavy atom. The molecule has 2 N–H and O–H groups in total. The minimum atomic E-state index is -0.653. The number of piperazine rings is 1. The van der Waals surface area contributed by atoms with Gasteiger partial charge in [0.15, 0.2) is 11.5 Å². The van der Waals surface area contributed by atoms with E-state index >= 15 is 0 Å². The summed E-state index contributed by atoms with van der Waals surface area (Å²) in [5.41, 5.74) is 1.95. The monoisotopic (exact) mass is 456 g/mol. The number of hydrogen-bond acceptors (Lipinski definition) is 6. The Labute approximate surface area is 192 Å². The molecule has 2 aliphatic rings. The van der Waals surface area contributed by atoms with E-state index < -0.39 is 11.8 Å². The van der Waals surface area contributed by atoms with Gasteiger partial charge in [-0.1, -0.05) is 6.07 Å². The largest absolute Gasteiger partial charge is 0.454 e. The van der Waals surface area contributed by atoms with Gasteiger partial charge in [0.2, 0.25) is 6.79 Å². The van der Waals surface area contributed by atoms with Crippen LogP contribution in [0, 0.1) is 5.82 Å². The minimum absolute atomic E-state index is 0.118. The number of halogens is 1. The van der Waals surface area contributed by atoms with E-state index in [1.165, 1.54) is 12.1 Å². The Hall–Kier alpha value is -3.33. The fraction of sp³-hybridized carbons (Fsp3) is 0.417. The first-order valence-corrected chi connectivity index (χ1v) is 11.1. The van der Waals surface area contributed by atoms with Gasteiger partial charge >= 0.3 is 11.8 Å². The summed E-state index contributed by atoms with van der Waals surface area (Å²) in [6, 6.07) is 12.0. The first-order chi connectivity index (χ1) is 15.9. The number of carbonyl (C=O) groups excluding carboxylic acids is 2. The van der Waals surface area contributed by atoms with E-state index in [0.717, 1.165) is 37.4 Å². The Balaban J connectivity index is 1.46. The number of hydrogen-bond donors (Lipinski definition) is 2. The van der Waals surface area contributed by atoms with Gasteiger partial charge in [-0.15, -0.1) is 0 Å². The Kier molecular flexibility index (Phi) is 6.98. The van der Waals surface area contributed by atoms with Crippen LogP contribution >= 0.6 is 0 Å². The summed E-state index contributed by atoms with van der Waals surface area (Å²) in [5.74, 6) is -0.183. The molecule has 2 aromatic rings. The summed E-state index contributed by atoms with van der Waals surface area (Å²) in [6.45, 7) is 7.08. The van der Waals surface area contributed by atoms with Crippen LogP contribution in [-0.2, 0) is 9.59 Å². The molecule has 0 spiro atoms. The fourth-order valence-electron chi connectivity index (χ4n) is 4.12. The molecule has 1 atom stereocenters. The van der Waals surface area contributed by atoms with Gasteiger partial charge in [-0.3, -0.25) is 14.5 Å². The van der Waals surface area contributed by atoms with Crippen molar-refractivity contribution in [2.45, 2.75) is 25.9 Å². The zero-order valence-corrected chi connectivity index (χ0v) is 18.8. The van der Waals surface area contributed by atoms with Gasteiger partial charge in [0.25, 0.3) is 0 Å². The number of nitrogens with zero attached hydrogens (tertiary/aromatic N) is 2. The van der Waals surface area contributed by atoms with Crippen molar-refractivity contribution in [3.63, 3.8) is 0 Å². The number of anilines is 1. The van der Waals surface area contributed by atoms with Crippen molar-refractivity contribution in [3.8, 4) is 11.5 Å². The van der Waals surface area contributed by atoms with E-state index in [4.69, 9.17) is 9.47 Å². The van der Waals surface area contributed by atoms with Crippen molar-refractivity contribution >= 4 is 17.5 Å². The van der Waals surface area contributed by atoms with E-state index in [-0.39, 0.29) is 31.2 Å². The van der Waals surface area contributed by atoms with E-state index in [9.17, 15) is 14.0 Å². The smallest absolute Gasteiger partial charge is 0.309 e. The summed E-state index contributed by atoms with van der Waals surface area (Å²) in [6.07, 6.45) is 0. The fourth-order valence-corrected chi connectivity index (χ4v) is 4.12. The number of fused-ring (bicyclic) bond motifs is 1. The normalized spacial score (nSPS) is 16.5. The molecule has 4 rings (SSSR count). The highest BCUT2D eigenvalue weighted by Gasteiger charge is 2.28. The van der Waals surface area contributed by atoms with Crippen LogP contribution in [-0.4, -0.2) is 62.3 Å². The Morgan fingerprint density at radius 2 is 1.67 bits per heavy atom. The lowest BCUT2D eigenvalue weighted by Crippen LogP contribution is -2.51. The summed E-state index contributed by atoms with van der Waals surface area (Å²) < 4.78 is 24.2. The van der Waals surface area contributed by atoms with Crippen LogP contribution < -0.4 is 25.0 Å². The van der Waals surface area contributed by atoms with Gasteiger partial charge in [0, 0.05) is 44.5 Å². The maximum Gasteiger partial charge on any atom is 0.309 e. The number of benzene rings is 2. The summed E-state index contributed by atoms with van der Waals surface area (Å²) in [4.78, 5) is 28.9. The van der Waals surface area contributed by atoms with E-state index in [1.54, 1.807) is 26.0 Å². The zero-order chi connectivity index (χ0) is 23.4. The molecule has 0 aliphatic carbocycles. The van der Waals surface area contributed by atoms with E-state index in [0.29, 0.717) is 11.5 Å². The first kappa shape index (κ1) is 22.8. The number of nitrogens with one attached hydrogen (secondary N) is 2. The number of ether oxygens (including phenoxy) is 2. The molecular weight excluding hydrogens is 427 g/mol. The molecule has 9 heteroatoms. The first-order valence-electron chi connectivity index (χ1n) is 11.1. The van der Waals surface area contributed by atoms with Gasteiger partial charge in [0.05, 0.1) is 6.04 Å². The summed E-state index contributed by atoms with van der Waals surface area (Å²) in [7, 11) is 0. The molecule has 8 nitrogen and oxygen atoms in total. The molecule has 2 aromatic carbocycles. The SMILES string of the molecule is CC(C)NC(=O)C(=O)NCC(c1ccc2c(c1)OCO2)N1CCN(c2ccc(F)cc2)CC1. The molecule has 1 fully saturated rings. The highest BCUT2D eigenvalue weighted by molar-refractivity contribution is 6.35. The van der Waals surface area contributed by atoms with Crippen LogP contribution in [0.5, 0.6) is 11.5 Å². The van der Waals surface area contributed by atoms with Crippen LogP contribution in [0.3, 0.4) is 0 Å². The highest BCUT2D eigenvalue weighted by Crippen LogP contribution is 2.35. The van der Waals surface area contributed by atoms with Crippen LogP contribution in [0.4, 0.5) is 10.1 Å². The predicted molar refractivity (Wildman–Crippen MR) is 122 cm³/mol. The minimum Gasteiger partial charge on any atom is -0.454 e. The highest BCUT2D eigenvalue weighted by atomic mass is 19.1. The maximum absolute atomic E-state index is 13.3. The van der Waals surface area contributed by atoms with Gasteiger partial charge in [-0.05, 0) is 55.8 Å². The molecule has 0 aromatic heterocycles. The molecule has 2 heterocycles. The number of amides is 2. The molecule has 1 saturated heterocycles. The quantitative estimate of drug-likeness (QED) is 0.648. The van der Waals surface area contributed by atoms with Crippen molar-refractivity contribution in [1.82, 2.24) is 15.5 Å². The second-order valence-electron chi connectivity index (χ2n) is 8.47. The van der Waals surface area contributed by atoms with Gasteiger partial charge in [0.1, 0.15) is 5.82 Å². The standard InChI is InChI=1S/C24H29FN4O4/c1-16(2)27-24(31)23(30)26-14-20(17-3-8-21-22(13-17)33-15-32-21)29-11-9-28(10-12-29)19-6-4-18(25)5-7-19/h3-8,13,16,20H,9-12,14-15H2,1-2H3,(H,26,30)(H,27,31). The van der Waals surface area contributed by atoms with Crippen LogP contribution in [0.2, 0.25) is 0 Å². The summed E-state index contributed by atoms with van der Waals surface area (Å²) >= 11 is 0. The van der Waals surface area contributed by atoms with Crippen molar-refractivity contribution in [2.24, 2.45) is 0 Å². The van der Waals surface area contributed by atoms with Gasteiger partial charge in [-0.2, -0.15) is 0 Å². The second-order valence-corrected chi connectivity index (χ2v) is 8.47. The Morgan fingerprint density at radius 1 is 0.970 bits per heavy atom. The lowest BCUT2D eigenvalue weighted by atomic mass is 10.0. The van der Waals surface area contributed by atoms with Crippen LogP contribution in [0.1, 0.15) is 25.5 Å². The Bertz CT molecular complexity index is 990. The number of carbonyl (C=O) groups is 2. The van der Waals surface area contributed by atoms with Gasteiger partial charge < -0.3 is 25.0 Å². The molecule has 0 bridgehead atoms. The van der Waals surface area contributed by atoms with Gasteiger partial charge in [-0.25, -0.2) is 4.39 Å². The molecule has 0 saturated carbocycles. The molecule has 2 amide bonds. The van der Waals surface area contributed by atoms with Crippen LogP contribution in [0.25, 0.3) is 0 Å². The summed E-state index contributed by atoms with van der Waals surface area (Å²) in [5, 5.41) is 5.39. The lowest BCUT2D eigenvalue weighted by Gasteiger charge is -2.40. The van der Waals surface area contributed by atoms with E-state index in [2.05, 4.69) is 20.4 Å². The molecule has 176 valence electrons. The van der Waals surface area contributed by atoms with Crippen molar-refractivity contribution < 1.29 is 23.5 Å². The average molecular weight is 457 g/mol. The predicted octanol–water partition coefficient (Wildman–Crippen LogP) is 2.06. The molecule has 1 unspecified atom stereocenters. The topological polar surface area (TPSA) is 83.1 Å². The van der Waals surface area contributed by atoms with Crippen molar-refractivity contribution in [2.75, 3.05) is 44.4 Å². The molecule has 33 heavy (non-hydrogen) atoms. The maximum atomic E-state index is 13.3. The third kappa shape index (κ3) is 5.54. The lowest BCUT2D eigenvalue weighted by molar-refractivity contribution is -0.139. The van der Waals surface area contributed by atoms with Crippen molar-refractivity contribution in [3.05, 3.63) is 53.8 Å². The van der Waals surface area contributed by atoms with Crippen LogP contribution in [0.15, 0.2) is 42.5 Å². The van der Waals surface area contributed by atoms with E-state index in [1.807, 2.05) is 18.2 Å². The second kappa shape index (κ2) is 10.1. The molecule has 0 radical (unpaired) electrons. The number of rotatable bonds is 6. The third-order valence-corrected chi connectivity index (χ3v) is 5.81. The molecule has 2 aliphatic heterocycles. The van der Waals surface area contributed by atoms with Crippen molar-refractivity contribution in [1.29, 1.82) is 0 Å². The third-order valence-electron chi connectivity index (χ3n) is 5.81. The average Bonchev–Trinajstić information content (AvgIpc) is 3.28.